The maximum absolute atomic E-state index is 13.1. The average Bonchev–Trinajstić information content (AvgIpc) is 3.10. The van der Waals surface area contributed by atoms with E-state index in [1.807, 2.05) is 0 Å². The summed E-state index contributed by atoms with van der Waals surface area (Å²) in [6, 6.07) is 6.15. The van der Waals surface area contributed by atoms with Gasteiger partial charge < -0.3 is 10.1 Å². The third-order valence-corrected chi connectivity index (χ3v) is 4.60. The number of amides is 1. The molecule has 2 aliphatic rings. The molecule has 0 spiro atoms. The summed E-state index contributed by atoms with van der Waals surface area (Å²) < 4.78 is 18.4. The van der Waals surface area contributed by atoms with Gasteiger partial charge in [-0.05, 0) is 30.7 Å². The lowest BCUT2D eigenvalue weighted by molar-refractivity contribution is -0.124. The molecule has 3 rings (SSSR count). The molecule has 1 amide bonds. The molecule has 0 bridgehead atoms. The first-order valence-corrected chi connectivity index (χ1v) is 8.56. The summed E-state index contributed by atoms with van der Waals surface area (Å²) in [5, 5.41) is 3.02. The van der Waals surface area contributed by atoms with Crippen LogP contribution in [0.2, 0.25) is 0 Å². The summed E-state index contributed by atoms with van der Waals surface area (Å²) in [5.74, 6) is -0.434. The number of benzene rings is 1. The monoisotopic (exact) mass is 336 g/mol. The van der Waals surface area contributed by atoms with Gasteiger partial charge in [-0.3, -0.25) is 15.1 Å². The van der Waals surface area contributed by atoms with Crippen molar-refractivity contribution in [3.8, 4) is 0 Å². The maximum atomic E-state index is 13.1. The van der Waals surface area contributed by atoms with Gasteiger partial charge >= 0.3 is 0 Å². The zero-order valence-corrected chi connectivity index (χ0v) is 13.8. The minimum Gasteiger partial charge on any atom is -0.379 e. The fraction of sp³-hybridized carbons (Fsp3) is 0.588. The predicted octanol–water partition coefficient (Wildman–Crippen LogP) is 0.429. The SMILES string of the molecule is O=C(NCCCN1CCOCC1)C1CNNC1c1ccc(F)cc1. The number of halogens is 1. The van der Waals surface area contributed by atoms with Crippen molar-refractivity contribution in [2.45, 2.75) is 12.5 Å². The van der Waals surface area contributed by atoms with Crippen molar-refractivity contribution in [2.24, 2.45) is 5.92 Å². The Morgan fingerprint density at radius 3 is 2.79 bits per heavy atom. The van der Waals surface area contributed by atoms with Crippen molar-refractivity contribution >= 4 is 5.91 Å². The Hall–Kier alpha value is -1.54. The molecule has 7 heteroatoms. The molecule has 2 saturated heterocycles. The normalized spacial score (nSPS) is 24.9. The molecule has 3 N–H and O–H groups in total. The summed E-state index contributed by atoms with van der Waals surface area (Å²) in [6.07, 6.45) is 0.931. The van der Waals surface area contributed by atoms with Gasteiger partial charge in [-0.25, -0.2) is 9.82 Å². The number of hydrazine groups is 1. The molecule has 132 valence electrons. The van der Waals surface area contributed by atoms with Crippen LogP contribution in [0.3, 0.4) is 0 Å². The fourth-order valence-electron chi connectivity index (χ4n) is 3.20. The van der Waals surface area contributed by atoms with Crippen LogP contribution in [0.15, 0.2) is 24.3 Å². The van der Waals surface area contributed by atoms with E-state index in [1.165, 1.54) is 12.1 Å². The van der Waals surface area contributed by atoms with Crippen LogP contribution in [-0.2, 0) is 9.53 Å². The molecule has 2 aliphatic heterocycles. The molecule has 6 nitrogen and oxygen atoms in total. The summed E-state index contributed by atoms with van der Waals surface area (Å²) in [6.45, 7) is 5.75. The number of hydrogen-bond donors (Lipinski definition) is 3. The first-order valence-electron chi connectivity index (χ1n) is 8.56. The van der Waals surface area contributed by atoms with E-state index in [0.717, 1.165) is 44.8 Å². The second-order valence-electron chi connectivity index (χ2n) is 6.26. The Bertz CT molecular complexity index is 534. The van der Waals surface area contributed by atoms with Gasteiger partial charge in [0.05, 0.1) is 25.2 Å². The van der Waals surface area contributed by atoms with E-state index in [4.69, 9.17) is 4.74 Å². The minimum atomic E-state index is -0.270. The number of morpholine rings is 1. The van der Waals surface area contributed by atoms with Gasteiger partial charge in [-0.2, -0.15) is 0 Å². The van der Waals surface area contributed by atoms with Gasteiger partial charge in [0.2, 0.25) is 5.91 Å². The smallest absolute Gasteiger partial charge is 0.226 e. The molecule has 2 unspecified atom stereocenters. The van der Waals surface area contributed by atoms with Crippen molar-refractivity contribution in [2.75, 3.05) is 45.9 Å². The van der Waals surface area contributed by atoms with Crippen molar-refractivity contribution in [1.82, 2.24) is 21.1 Å². The van der Waals surface area contributed by atoms with Crippen LogP contribution in [0.5, 0.6) is 0 Å². The number of rotatable bonds is 6. The minimum absolute atomic E-state index is 0.0313. The standard InChI is InChI=1S/C17H25FN4O2/c18-14-4-2-13(3-5-14)16-15(12-20-21-16)17(23)19-6-1-7-22-8-10-24-11-9-22/h2-5,15-16,20-21H,1,6-12H2,(H,19,23). The third kappa shape index (κ3) is 4.51. The van der Waals surface area contributed by atoms with Crippen molar-refractivity contribution in [3.05, 3.63) is 35.6 Å². The Morgan fingerprint density at radius 2 is 2.04 bits per heavy atom. The van der Waals surface area contributed by atoms with E-state index < -0.39 is 0 Å². The van der Waals surface area contributed by atoms with Crippen molar-refractivity contribution in [3.63, 3.8) is 0 Å². The lowest BCUT2D eigenvalue weighted by Gasteiger charge is -2.26. The summed E-state index contributed by atoms with van der Waals surface area (Å²) in [5.41, 5.74) is 7.05. The van der Waals surface area contributed by atoms with Gasteiger partial charge in [-0.1, -0.05) is 12.1 Å². The molecule has 1 aromatic carbocycles. The van der Waals surface area contributed by atoms with Crippen molar-refractivity contribution in [1.29, 1.82) is 0 Å². The van der Waals surface area contributed by atoms with Gasteiger partial charge in [-0.15, -0.1) is 0 Å². The quantitative estimate of drug-likeness (QED) is 0.658. The highest BCUT2D eigenvalue weighted by atomic mass is 19.1. The highest BCUT2D eigenvalue weighted by Gasteiger charge is 2.33. The Balaban J connectivity index is 1.44. The fourth-order valence-corrected chi connectivity index (χ4v) is 3.20. The first-order chi connectivity index (χ1) is 11.7. The number of nitrogens with zero attached hydrogens (tertiary/aromatic N) is 1. The van der Waals surface area contributed by atoms with E-state index in [9.17, 15) is 9.18 Å². The van der Waals surface area contributed by atoms with Gasteiger partial charge in [0.1, 0.15) is 5.82 Å². The third-order valence-electron chi connectivity index (χ3n) is 4.60. The molecule has 2 atom stereocenters. The van der Waals surface area contributed by atoms with Crippen LogP contribution >= 0.6 is 0 Å². The molecule has 0 radical (unpaired) electrons. The molecular weight excluding hydrogens is 311 g/mol. The van der Waals surface area contributed by atoms with E-state index in [1.54, 1.807) is 12.1 Å². The highest BCUT2D eigenvalue weighted by molar-refractivity contribution is 5.80. The molecule has 0 aromatic heterocycles. The Kier molecular flexibility index (Phi) is 6.14. The number of carbonyl (C=O) groups excluding carboxylic acids is 1. The number of nitrogens with one attached hydrogen (secondary N) is 3. The zero-order valence-electron chi connectivity index (χ0n) is 13.8. The number of carbonyl (C=O) groups is 1. The molecule has 2 fully saturated rings. The molecule has 2 heterocycles. The molecule has 0 saturated carbocycles. The van der Waals surface area contributed by atoms with Gasteiger partial charge in [0.25, 0.3) is 0 Å². The van der Waals surface area contributed by atoms with Crippen LogP contribution in [0.25, 0.3) is 0 Å². The molecular formula is C17H25FN4O2. The highest BCUT2D eigenvalue weighted by Crippen LogP contribution is 2.25. The molecule has 1 aromatic rings. The topological polar surface area (TPSA) is 65.6 Å². The van der Waals surface area contributed by atoms with E-state index in [-0.39, 0.29) is 23.7 Å². The van der Waals surface area contributed by atoms with Crippen LogP contribution in [0, 0.1) is 11.7 Å². The summed E-state index contributed by atoms with van der Waals surface area (Å²) in [4.78, 5) is 14.8. The Morgan fingerprint density at radius 1 is 1.29 bits per heavy atom. The van der Waals surface area contributed by atoms with Gasteiger partial charge in [0.15, 0.2) is 0 Å². The van der Waals surface area contributed by atoms with Crippen LogP contribution < -0.4 is 16.2 Å². The second-order valence-corrected chi connectivity index (χ2v) is 6.26. The summed E-state index contributed by atoms with van der Waals surface area (Å²) in [7, 11) is 0. The second kappa shape index (κ2) is 8.53. The van der Waals surface area contributed by atoms with E-state index in [0.29, 0.717) is 13.1 Å². The number of ether oxygens (including phenoxy) is 1. The average molecular weight is 336 g/mol. The lowest BCUT2D eigenvalue weighted by Crippen LogP contribution is -2.39. The lowest BCUT2D eigenvalue weighted by atomic mass is 9.94. The largest absolute Gasteiger partial charge is 0.379 e. The zero-order chi connectivity index (χ0) is 16.8. The van der Waals surface area contributed by atoms with Crippen LogP contribution in [0.1, 0.15) is 18.0 Å². The molecule has 0 aliphatic carbocycles. The summed E-state index contributed by atoms with van der Waals surface area (Å²) >= 11 is 0. The van der Waals surface area contributed by atoms with Crippen LogP contribution in [-0.4, -0.2) is 56.7 Å². The van der Waals surface area contributed by atoms with E-state index >= 15 is 0 Å². The molecule has 24 heavy (non-hydrogen) atoms. The maximum Gasteiger partial charge on any atom is 0.226 e. The van der Waals surface area contributed by atoms with Gasteiger partial charge in [0, 0.05) is 26.2 Å². The Labute approximate surface area is 141 Å². The number of hydrogen-bond acceptors (Lipinski definition) is 5. The predicted molar refractivity (Wildman–Crippen MR) is 88.7 cm³/mol. The van der Waals surface area contributed by atoms with Crippen LogP contribution in [0.4, 0.5) is 4.39 Å². The first kappa shape index (κ1) is 17.3. The van der Waals surface area contributed by atoms with E-state index in [2.05, 4.69) is 21.1 Å². The van der Waals surface area contributed by atoms with Crippen molar-refractivity contribution < 1.29 is 13.9 Å².